The fraction of sp³-hybridized carbons (Fsp3) is 1.00. The van der Waals surface area contributed by atoms with Gasteiger partial charge in [-0.15, -0.1) is 0 Å². The maximum atomic E-state index is 2.66. The summed E-state index contributed by atoms with van der Waals surface area (Å²) in [6.07, 6.45) is 10.7. The summed E-state index contributed by atoms with van der Waals surface area (Å²) in [6.45, 7) is 15.2. The second kappa shape index (κ2) is 5.29. The molecule has 0 heteroatoms. The predicted octanol–water partition coefficient (Wildman–Crippen LogP) is 7.04. The van der Waals surface area contributed by atoms with Gasteiger partial charge in [-0.1, -0.05) is 54.4 Å². The monoisotopic (exact) mass is 342 g/mol. The van der Waals surface area contributed by atoms with Crippen LogP contribution in [0.25, 0.3) is 0 Å². The maximum absolute atomic E-state index is 2.66. The van der Waals surface area contributed by atoms with Crippen molar-refractivity contribution in [2.75, 3.05) is 0 Å². The number of rotatable bonds is 6. The molecule has 0 aromatic heterocycles. The van der Waals surface area contributed by atoms with Crippen LogP contribution in [0.15, 0.2) is 0 Å². The van der Waals surface area contributed by atoms with Gasteiger partial charge in [0.25, 0.3) is 0 Å². The molecule has 0 N–H and O–H groups in total. The lowest BCUT2D eigenvalue weighted by Gasteiger charge is -2.48. The summed E-state index contributed by atoms with van der Waals surface area (Å²) >= 11 is 0. The van der Waals surface area contributed by atoms with Crippen molar-refractivity contribution in [3.63, 3.8) is 0 Å². The molecule has 142 valence electrons. The molecule has 0 aromatic rings. The molecule has 0 aromatic carbocycles. The molecule has 0 heterocycles. The summed E-state index contributed by atoms with van der Waals surface area (Å²) in [6, 6.07) is 0. The van der Waals surface area contributed by atoms with E-state index >= 15 is 0 Å². The average molecular weight is 343 g/mol. The first-order valence-corrected chi connectivity index (χ1v) is 11.8. The van der Waals surface area contributed by atoms with Crippen molar-refractivity contribution in [3.8, 4) is 0 Å². The molecule has 0 spiro atoms. The smallest absolute Gasteiger partial charge is 0.0255 e. The predicted molar refractivity (Wildman–Crippen MR) is 106 cm³/mol. The summed E-state index contributed by atoms with van der Waals surface area (Å²) < 4.78 is 0. The van der Waals surface area contributed by atoms with Crippen LogP contribution in [0.4, 0.5) is 0 Å². The maximum Gasteiger partial charge on any atom is -0.0255 e. The highest BCUT2D eigenvalue weighted by Gasteiger charge is 2.73. The Morgan fingerprint density at radius 1 is 1.04 bits per heavy atom. The third kappa shape index (κ3) is 2.30. The SMILES string of the molecule is CCC1CC1C1C(CC23CC2C(C)CC(C)(C(C)CC)C3)C2C(C)C21. The molecule has 12 atom stereocenters. The molecule has 5 saturated carbocycles. The minimum atomic E-state index is 0.626. The Balaban J connectivity index is 1.32. The minimum absolute atomic E-state index is 0.626. The molecule has 0 amide bonds. The summed E-state index contributed by atoms with van der Waals surface area (Å²) in [4.78, 5) is 0. The van der Waals surface area contributed by atoms with Crippen LogP contribution in [0, 0.1) is 70.0 Å². The van der Waals surface area contributed by atoms with E-state index in [0.29, 0.717) is 5.41 Å². The second-order valence-electron chi connectivity index (χ2n) is 12.0. The fourth-order valence-electron chi connectivity index (χ4n) is 9.08. The molecule has 0 saturated heterocycles. The van der Waals surface area contributed by atoms with Crippen LogP contribution in [0.5, 0.6) is 0 Å². The Morgan fingerprint density at radius 3 is 2.44 bits per heavy atom. The Morgan fingerprint density at radius 2 is 1.80 bits per heavy atom. The third-order valence-electron chi connectivity index (χ3n) is 10.9. The largest absolute Gasteiger partial charge is 0.0651 e. The zero-order valence-electron chi connectivity index (χ0n) is 17.7. The highest BCUT2D eigenvalue weighted by Crippen LogP contribution is 2.79. The van der Waals surface area contributed by atoms with Crippen molar-refractivity contribution < 1.29 is 0 Å². The van der Waals surface area contributed by atoms with E-state index in [2.05, 4.69) is 41.5 Å². The normalized spacial score (nSPS) is 62.4. The highest BCUT2D eigenvalue weighted by atomic mass is 14.8. The quantitative estimate of drug-likeness (QED) is 0.485. The van der Waals surface area contributed by atoms with Gasteiger partial charge in [0.05, 0.1) is 0 Å². The molecule has 5 fully saturated rings. The topological polar surface area (TPSA) is 0 Å². The van der Waals surface area contributed by atoms with Crippen LogP contribution in [0.3, 0.4) is 0 Å². The van der Waals surface area contributed by atoms with Gasteiger partial charge in [0, 0.05) is 0 Å². The molecule has 25 heavy (non-hydrogen) atoms. The van der Waals surface area contributed by atoms with E-state index < -0.39 is 0 Å². The first-order chi connectivity index (χ1) is 11.8. The van der Waals surface area contributed by atoms with Crippen LogP contribution >= 0.6 is 0 Å². The van der Waals surface area contributed by atoms with E-state index in [1.165, 1.54) is 25.2 Å². The minimum Gasteiger partial charge on any atom is -0.0651 e. The lowest BCUT2D eigenvalue weighted by molar-refractivity contribution is 0.0135. The highest BCUT2D eigenvalue weighted by molar-refractivity contribution is 5.21. The molecule has 0 bridgehead atoms. The Bertz CT molecular complexity index is 550. The molecule has 5 aliphatic carbocycles. The van der Waals surface area contributed by atoms with E-state index in [9.17, 15) is 0 Å². The van der Waals surface area contributed by atoms with Gasteiger partial charge < -0.3 is 0 Å². The Labute approximate surface area is 156 Å². The van der Waals surface area contributed by atoms with E-state index in [1.807, 2.05) is 0 Å². The van der Waals surface area contributed by atoms with Crippen molar-refractivity contribution in [1.29, 1.82) is 0 Å². The first-order valence-electron chi connectivity index (χ1n) is 11.8. The molecule has 0 aliphatic heterocycles. The second-order valence-corrected chi connectivity index (χ2v) is 12.0. The van der Waals surface area contributed by atoms with Crippen molar-refractivity contribution in [3.05, 3.63) is 0 Å². The fourth-order valence-corrected chi connectivity index (χ4v) is 9.08. The number of hydrogen-bond acceptors (Lipinski definition) is 0. The van der Waals surface area contributed by atoms with Crippen LogP contribution < -0.4 is 0 Å². The standard InChI is InChI=1S/C25H42/c1-7-15(4)24(6)10-14(3)20-12-25(20,13-24)11-19-21-16(5)22(21)23(19)18-9-17(18)8-2/h14-23H,7-13H2,1-6H3. The van der Waals surface area contributed by atoms with E-state index in [4.69, 9.17) is 0 Å². The van der Waals surface area contributed by atoms with E-state index in [1.54, 1.807) is 25.7 Å². The zero-order valence-corrected chi connectivity index (χ0v) is 17.7. The van der Waals surface area contributed by atoms with Gasteiger partial charge in [0.15, 0.2) is 0 Å². The first kappa shape index (κ1) is 17.1. The van der Waals surface area contributed by atoms with Crippen molar-refractivity contribution >= 4 is 0 Å². The van der Waals surface area contributed by atoms with Crippen LogP contribution in [0.1, 0.15) is 86.5 Å². The van der Waals surface area contributed by atoms with Gasteiger partial charge in [-0.05, 0) is 102 Å². The van der Waals surface area contributed by atoms with Gasteiger partial charge >= 0.3 is 0 Å². The molecule has 0 nitrogen and oxygen atoms in total. The number of fused-ring (bicyclic) bond motifs is 2. The van der Waals surface area contributed by atoms with Gasteiger partial charge in [0.2, 0.25) is 0 Å². The lowest BCUT2D eigenvalue weighted by Crippen LogP contribution is -2.40. The lowest BCUT2D eigenvalue weighted by atomic mass is 9.57. The van der Waals surface area contributed by atoms with Crippen molar-refractivity contribution in [2.45, 2.75) is 86.5 Å². The van der Waals surface area contributed by atoms with Crippen LogP contribution in [-0.2, 0) is 0 Å². The van der Waals surface area contributed by atoms with E-state index in [0.717, 1.165) is 58.7 Å². The molecule has 12 unspecified atom stereocenters. The van der Waals surface area contributed by atoms with Gasteiger partial charge in [-0.3, -0.25) is 0 Å². The Kier molecular flexibility index (Phi) is 3.62. The van der Waals surface area contributed by atoms with Crippen molar-refractivity contribution in [2.24, 2.45) is 70.0 Å². The summed E-state index contributed by atoms with van der Waals surface area (Å²) in [5.74, 6) is 11.0. The molecular weight excluding hydrogens is 300 g/mol. The van der Waals surface area contributed by atoms with Gasteiger partial charge in [-0.2, -0.15) is 0 Å². The van der Waals surface area contributed by atoms with Gasteiger partial charge in [-0.25, -0.2) is 0 Å². The average Bonchev–Trinajstić information content (AvgIpc) is 3.46. The van der Waals surface area contributed by atoms with Crippen LogP contribution in [-0.4, -0.2) is 0 Å². The third-order valence-corrected chi connectivity index (χ3v) is 10.9. The summed E-state index contributed by atoms with van der Waals surface area (Å²) in [7, 11) is 0. The molecule has 5 rings (SSSR count). The zero-order chi connectivity index (χ0) is 17.7. The number of hydrogen-bond donors (Lipinski definition) is 0. The van der Waals surface area contributed by atoms with Crippen molar-refractivity contribution in [1.82, 2.24) is 0 Å². The summed E-state index contributed by atoms with van der Waals surface area (Å²) in [5.41, 5.74) is 1.41. The molecular formula is C25H42. The van der Waals surface area contributed by atoms with Crippen LogP contribution in [0.2, 0.25) is 0 Å². The summed E-state index contributed by atoms with van der Waals surface area (Å²) in [5, 5.41) is 0. The Hall–Kier alpha value is 0. The van der Waals surface area contributed by atoms with Gasteiger partial charge in [0.1, 0.15) is 0 Å². The molecule has 0 radical (unpaired) electrons. The molecule has 5 aliphatic rings. The van der Waals surface area contributed by atoms with E-state index in [-0.39, 0.29) is 0 Å².